The minimum absolute atomic E-state index is 0.00309. The van der Waals surface area contributed by atoms with Crippen LogP contribution >= 0.6 is 0 Å². The number of hydrogen-bond donors (Lipinski definition) is 2. The third kappa shape index (κ3) is 4.58. The van der Waals surface area contributed by atoms with Crippen LogP contribution in [0.2, 0.25) is 0 Å². The van der Waals surface area contributed by atoms with Crippen LogP contribution in [0.4, 0.5) is 5.95 Å². The van der Waals surface area contributed by atoms with E-state index in [1.54, 1.807) is 0 Å². The molecule has 2 rings (SSSR count). The lowest BCUT2D eigenvalue weighted by atomic mass is 10.1. The number of hydrogen-bond acceptors (Lipinski definition) is 6. The maximum atomic E-state index is 12.5. The minimum atomic E-state index is -3.64. The quantitative estimate of drug-likeness (QED) is 0.706. The van der Waals surface area contributed by atoms with Gasteiger partial charge in [0.15, 0.2) is 0 Å². The second-order valence-electron chi connectivity index (χ2n) is 5.04. The molecule has 8 nitrogen and oxygen atoms in total. The van der Waals surface area contributed by atoms with E-state index in [4.69, 9.17) is 0 Å². The average molecular weight is 314 g/mol. The van der Waals surface area contributed by atoms with Crippen LogP contribution in [0.3, 0.4) is 0 Å². The second-order valence-corrected chi connectivity index (χ2v) is 6.66. The van der Waals surface area contributed by atoms with Gasteiger partial charge in [0.05, 0.1) is 12.4 Å². The van der Waals surface area contributed by atoms with E-state index in [2.05, 4.69) is 32.1 Å². The molecule has 0 saturated carbocycles. The van der Waals surface area contributed by atoms with Crippen LogP contribution in [-0.4, -0.2) is 53.6 Å². The zero-order valence-electron chi connectivity index (χ0n) is 12.2. The molecule has 0 amide bonds. The van der Waals surface area contributed by atoms with Gasteiger partial charge >= 0.3 is 10.2 Å². The third-order valence-corrected chi connectivity index (χ3v) is 4.93. The van der Waals surface area contributed by atoms with E-state index in [1.165, 1.54) is 16.7 Å². The van der Waals surface area contributed by atoms with E-state index in [-0.39, 0.29) is 12.0 Å². The van der Waals surface area contributed by atoms with E-state index < -0.39 is 10.2 Å². The second kappa shape index (κ2) is 7.62. The van der Waals surface area contributed by atoms with Crippen LogP contribution in [0.25, 0.3) is 0 Å². The summed E-state index contributed by atoms with van der Waals surface area (Å²) < 4.78 is 28.9. The van der Waals surface area contributed by atoms with Crippen LogP contribution < -0.4 is 10.0 Å². The highest BCUT2D eigenvalue weighted by atomic mass is 32.2. The highest BCUT2D eigenvalue weighted by Gasteiger charge is 2.32. The lowest BCUT2D eigenvalue weighted by molar-refractivity contribution is 0.247. The Balaban J connectivity index is 2.04. The molecule has 0 bridgehead atoms. The Labute approximate surface area is 125 Å². The van der Waals surface area contributed by atoms with Gasteiger partial charge < -0.3 is 5.32 Å². The average Bonchev–Trinajstić information content (AvgIpc) is 2.48. The van der Waals surface area contributed by atoms with E-state index in [1.807, 2.05) is 0 Å². The first-order valence-electron chi connectivity index (χ1n) is 7.27. The first-order valence-corrected chi connectivity index (χ1v) is 8.71. The molecule has 0 spiro atoms. The molecule has 118 valence electrons. The fourth-order valence-electron chi connectivity index (χ4n) is 2.41. The van der Waals surface area contributed by atoms with Crippen molar-refractivity contribution in [2.24, 2.45) is 0 Å². The standard InChI is InChI=1S/C12H22N6O2S/c1-2-6-13-10-11-5-3-4-9-18(11)21(19,20)17-12-14-7-8-15-16-12/h7-8,11,13H,2-6,9-10H2,1H3,(H,14,16,17). The zero-order valence-corrected chi connectivity index (χ0v) is 13.0. The summed E-state index contributed by atoms with van der Waals surface area (Å²) in [6, 6.07) is -0.0283. The maximum Gasteiger partial charge on any atom is 0.304 e. The zero-order chi connectivity index (χ0) is 15.1. The number of anilines is 1. The third-order valence-electron chi connectivity index (χ3n) is 3.39. The molecule has 0 radical (unpaired) electrons. The number of piperidine rings is 1. The molecular weight excluding hydrogens is 292 g/mol. The van der Waals surface area contributed by atoms with Crippen molar-refractivity contribution in [1.82, 2.24) is 24.8 Å². The Morgan fingerprint density at radius 1 is 1.38 bits per heavy atom. The van der Waals surface area contributed by atoms with Crippen molar-refractivity contribution >= 4 is 16.2 Å². The molecule has 9 heteroatoms. The molecule has 1 saturated heterocycles. The van der Waals surface area contributed by atoms with Gasteiger partial charge in [0.25, 0.3) is 5.95 Å². The predicted octanol–water partition coefficient (Wildman–Crippen LogP) is 0.382. The molecule has 21 heavy (non-hydrogen) atoms. The van der Waals surface area contributed by atoms with Crippen molar-refractivity contribution < 1.29 is 8.42 Å². The monoisotopic (exact) mass is 314 g/mol. The molecule has 1 atom stereocenters. The van der Waals surface area contributed by atoms with Gasteiger partial charge in [0, 0.05) is 19.1 Å². The van der Waals surface area contributed by atoms with Gasteiger partial charge in [-0.2, -0.15) is 17.8 Å². The van der Waals surface area contributed by atoms with Crippen LogP contribution in [0.5, 0.6) is 0 Å². The van der Waals surface area contributed by atoms with Crippen LogP contribution in [0.1, 0.15) is 32.6 Å². The summed E-state index contributed by atoms with van der Waals surface area (Å²) in [4.78, 5) is 3.85. The van der Waals surface area contributed by atoms with E-state index in [9.17, 15) is 8.42 Å². The Bertz CT molecular complexity index is 524. The van der Waals surface area contributed by atoms with Crippen LogP contribution in [0.15, 0.2) is 12.4 Å². The Hall–Kier alpha value is -1.32. The smallest absolute Gasteiger partial charge is 0.304 e. The van der Waals surface area contributed by atoms with Crippen molar-refractivity contribution in [1.29, 1.82) is 0 Å². The van der Waals surface area contributed by atoms with E-state index >= 15 is 0 Å². The van der Waals surface area contributed by atoms with Crippen molar-refractivity contribution in [3.05, 3.63) is 12.4 Å². The topological polar surface area (TPSA) is 100 Å². The van der Waals surface area contributed by atoms with Crippen molar-refractivity contribution in [2.75, 3.05) is 24.4 Å². The molecule has 2 heterocycles. The molecule has 0 aromatic carbocycles. The maximum absolute atomic E-state index is 12.5. The number of aromatic nitrogens is 3. The van der Waals surface area contributed by atoms with Crippen LogP contribution in [-0.2, 0) is 10.2 Å². The summed E-state index contributed by atoms with van der Waals surface area (Å²) in [5.74, 6) is 0.00309. The molecule has 1 aromatic rings. The SMILES string of the molecule is CCCNCC1CCCCN1S(=O)(=O)Nc1nccnn1. The molecule has 1 unspecified atom stereocenters. The highest BCUT2D eigenvalue weighted by molar-refractivity contribution is 7.90. The number of nitrogens with zero attached hydrogens (tertiary/aromatic N) is 4. The van der Waals surface area contributed by atoms with Crippen molar-refractivity contribution in [3.8, 4) is 0 Å². The van der Waals surface area contributed by atoms with Crippen molar-refractivity contribution in [3.63, 3.8) is 0 Å². The lowest BCUT2D eigenvalue weighted by Crippen LogP contribution is -2.50. The highest BCUT2D eigenvalue weighted by Crippen LogP contribution is 2.20. The number of rotatable bonds is 7. The largest absolute Gasteiger partial charge is 0.315 e. The lowest BCUT2D eigenvalue weighted by Gasteiger charge is -2.34. The first-order chi connectivity index (χ1) is 10.1. The van der Waals surface area contributed by atoms with E-state index in [0.717, 1.165) is 32.2 Å². The van der Waals surface area contributed by atoms with Gasteiger partial charge in [0.2, 0.25) is 0 Å². The Morgan fingerprint density at radius 3 is 2.95 bits per heavy atom. The molecule has 0 aliphatic carbocycles. The summed E-state index contributed by atoms with van der Waals surface area (Å²) in [5, 5.41) is 10.6. The summed E-state index contributed by atoms with van der Waals surface area (Å²) in [6.45, 7) is 4.17. The van der Waals surface area contributed by atoms with Crippen LogP contribution in [0, 0.1) is 0 Å². The summed E-state index contributed by atoms with van der Waals surface area (Å²) in [5.41, 5.74) is 0. The summed E-state index contributed by atoms with van der Waals surface area (Å²) in [7, 11) is -3.64. The molecule has 1 fully saturated rings. The van der Waals surface area contributed by atoms with Gasteiger partial charge in [-0.3, -0.25) is 0 Å². The Morgan fingerprint density at radius 2 is 2.24 bits per heavy atom. The minimum Gasteiger partial charge on any atom is -0.315 e. The van der Waals surface area contributed by atoms with Gasteiger partial charge in [-0.25, -0.2) is 9.71 Å². The molecule has 1 aliphatic rings. The Kier molecular flexibility index (Phi) is 5.83. The van der Waals surface area contributed by atoms with E-state index in [0.29, 0.717) is 13.1 Å². The van der Waals surface area contributed by atoms with Gasteiger partial charge in [-0.05, 0) is 25.8 Å². The molecular formula is C12H22N6O2S. The van der Waals surface area contributed by atoms with Crippen molar-refractivity contribution in [2.45, 2.75) is 38.6 Å². The summed E-state index contributed by atoms with van der Waals surface area (Å²) >= 11 is 0. The molecule has 1 aromatic heterocycles. The van der Waals surface area contributed by atoms with Gasteiger partial charge in [-0.15, -0.1) is 5.10 Å². The predicted molar refractivity (Wildman–Crippen MR) is 79.9 cm³/mol. The summed E-state index contributed by atoms with van der Waals surface area (Å²) in [6.07, 6.45) is 6.62. The fraction of sp³-hybridized carbons (Fsp3) is 0.750. The normalized spacial score (nSPS) is 20.3. The van der Waals surface area contributed by atoms with Gasteiger partial charge in [0.1, 0.15) is 0 Å². The number of nitrogens with one attached hydrogen (secondary N) is 2. The fourth-order valence-corrected chi connectivity index (χ4v) is 3.79. The molecule has 2 N–H and O–H groups in total. The van der Waals surface area contributed by atoms with Gasteiger partial charge in [-0.1, -0.05) is 13.3 Å². The first kappa shape index (κ1) is 16.1. The molecule has 1 aliphatic heterocycles.